The third-order valence-electron chi connectivity index (χ3n) is 5.48. The van der Waals surface area contributed by atoms with Crippen LogP contribution in [-0.2, 0) is 11.4 Å². The Bertz CT molecular complexity index is 1150. The largest absolute Gasteiger partial charge is 0.497 e. The SMILES string of the molecule is COc1ccc(C(=O)N(Cc2ccccc2)C[C@@H]2CC(c3ccccc3F)=NO2)c(OC)c1. The molecule has 1 atom stereocenters. The minimum absolute atomic E-state index is 0.207. The lowest BCUT2D eigenvalue weighted by atomic mass is 10.0. The standard InChI is InChI=1S/C26H25FN2O4/c1-31-19-12-13-22(25(15-19)32-2)26(30)29(16-18-8-4-3-5-9-18)17-20-14-24(28-33-20)21-10-6-7-11-23(21)27/h3-13,15,20H,14,16-17H2,1-2H3/t20-/m0/s1. The average Bonchev–Trinajstić information content (AvgIpc) is 3.32. The average molecular weight is 448 g/mol. The van der Waals surface area contributed by atoms with E-state index in [1.165, 1.54) is 13.2 Å². The van der Waals surface area contributed by atoms with Gasteiger partial charge < -0.3 is 19.2 Å². The summed E-state index contributed by atoms with van der Waals surface area (Å²) in [5.41, 5.74) is 2.35. The Morgan fingerprint density at radius 3 is 2.55 bits per heavy atom. The fraction of sp³-hybridized carbons (Fsp3) is 0.231. The van der Waals surface area contributed by atoms with Crippen LogP contribution in [0.2, 0.25) is 0 Å². The molecule has 0 fully saturated rings. The molecule has 1 aliphatic heterocycles. The van der Waals surface area contributed by atoms with Crippen LogP contribution in [0.1, 0.15) is 27.9 Å². The van der Waals surface area contributed by atoms with E-state index >= 15 is 0 Å². The van der Waals surface area contributed by atoms with Crippen LogP contribution >= 0.6 is 0 Å². The van der Waals surface area contributed by atoms with Gasteiger partial charge in [-0.05, 0) is 23.8 Å². The Morgan fingerprint density at radius 2 is 1.82 bits per heavy atom. The normalized spacial score (nSPS) is 14.9. The molecular formula is C26H25FN2O4. The molecule has 1 amide bonds. The molecule has 0 unspecified atom stereocenters. The number of benzene rings is 3. The molecule has 7 heteroatoms. The molecule has 0 bridgehead atoms. The summed E-state index contributed by atoms with van der Waals surface area (Å²) in [6.45, 7) is 0.661. The van der Waals surface area contributed by atoms with Crippen LogP contribution in [0, 0.1) is 5.82 Å². The Balaban J connectivity index is 1.56. The topological polar surface area (TPSA) is 60.4 Å². The second-order valence-electron chi connectivity index (χ2n) is 7.69. The number of ether oxygens (including phenoxy) is 2. The van der Waals surface area contributed by atoms with E-state index in [0.717, 1.165) is 5.56 Å². The zero-order valence-corrected chi connectivity index (χ0v) is 18.5. The predicted octanol–water partition coefficient (Wildman–Crippen LogP) is 4.68. The first-order valence-electron chi connectivity index (χ1n) is 10.6. The summed E-state index contributed by atoms with van der Waals surface area (Å²) in [6.07, 6.45) is 0.00992. The summed E-state index contributed by atoms with van der Waals surface area (Å²) in [6, 6.07) is 21.3. The number of hydrogen-bond acceptors (Lipinski definition) is 5. The van der Waals surface area contributed by atoms with E-state index in [0.29, 0.717) is 41.3 Å². The molecule has 6 nitrogen and oxygen atoms in total. The number of amides is 1. The number of carbonyl (C=O) groups excluding carboxylic acids is 1. The zero-order valence-electron chi connectivity index (χ0n) is 18.5. The first-order chi connectivity index (χ1) is 16.1. The van der Waals surface area contributed by atoms with Gasteiger partial charge in [-0.15, -0.1) is 0 Å². The Morgan fingerprint density at radius 1 is 1.06 bits per heavy atom. The lowest BCUT2D eigenvalue weighted by Crippen LogP contribution is -2.37. The van der Waals surface area contributed by atoms with E-state index < -0.39 is 6.10 Å². The molecule has 0 aliphatic carbocycles. The first-order valence-corrected chi connectivity index (χ1v) is 10.6. The Hall–Kier alpha value is -3.87. The highest BCUT2D eigenvalue weighted by Crippen LogP contribution is 2.27. The van der Waals surface area contributed by atoms with Gasteiger partial charge >= 0.3 is 0 Å². The molecule has 3 aromatic rings. The van der Waals surface area contributed by atoms with Gasteiger partial charge in [0.1, 0.15) is 17.3 Å². The fourth-order valence-corrected chi connectivity index (χ4v) is 3.80. The van der Waals surface area contributed by atoms with Gasteiger partial charge in [-0.1, -0.05) is 53.7 Å². The van der Waals surface area contributed by atoms with Crippen LogP contribution in [0.25, 0.3) is 0 Å². The highest BCUT2D eigenvalue weighted by molar-refractivity contribution is 6.01. The van der Waals surface area contributed by atoms with Crippen molar-refractivity contribution in [2.45, 2.75) is 19.1 Å². The van der Waals surface area contributed by atoms with E-state index in [2.05, 4.69) is 5.16 Å². The smallest absolute Gasteiger partial charge is 0.258 e. The van der Waals surface area contributed by atoms with Crippen molar-refractivity contribution in [3.63, 3.8) is 0 Å². The van der Waals surface area contributed by atoms with E-state index in [1.54, 1.807) is 48.4 Å². The summed E-state index contributed by atoms with van der Waals surface area (Å²) in [5.74, 6) is 0.468. The van der Waals surface area contributed by atoms with Crippen LogP contribution in [-0.4, -0.2) is 43.4 Å². The van der Waals surface area contributed by atoms with E-state index in [-0.39, 0.29) is 18.3 Å². The van der Waals surface area contributed by atoms with E-state index in [1.807, 2.05) is 30.3 Å². The first kappa shape index (κ1) is 22.3. The molecule has 0 N–H and O–H groups in total. The Kier molecular flexibility index (Phi) is 6.88. The number of rotatable bonds is 8. The van der Waals surface area contributed by atoms with Crippen molar-refractivity contribution in [2.24, 2.45) is 5.16 Å². The highest BCUT2D eigenvalue weighted by atomic mass is 19.1. The molecule has 0 spiro atoms. The summed E-state index contributed by atoms with van der Waals surface area (Å²) < 4.78 is 24.9. The molecule has 1 heterocycles. The van der Waals surface area contributed by atoms with Gasteiger partial charge in [-0.2, -0.15) is 0 Å². The highest BCUT2D eigenvalue weighted by Gasteiger charge is 2.29. The quantitative estimate of drug-likeness (QED) is 0.502. The van der Waals surface area contributed by atoms with Gasteiger partial charge in [0, 0.05) is 24.6 Å². The number of carbonyl (C=O) groups is 1. The maximum absolute atomic E-state index is 14.2. The summed E-state index contributed by atoms with van der Waals surface area (Å²) >= 11 is 0. The van der Waals surface area contributed by atoms with Crippen molar-refractivity contribution >= 4 is 11.6 Å². The van der Waals surface area contributed by atoms with Gasteiger partial charge in [0.05, 0.1) is 32.0 Å². The van der Waals surface area contributed by atoms with Crippen LogP contribution in [0.4, 0.5) is 4.39 Å². The van der Waals surface area contributed by atoms with Crippen molar-refractivity contribution in [3.8, 4) is 11.5 Å². The van der Waals surface area contributed by atoms with Gasteiger partial charge in [-0.25, -0.2) is 4.39 Å². The molecule has 33 heavy (non-hydrogen) atoms. The Labute approximate surface area is 192 Å². The second kappa shape index (κ2) is 10.2. The number of hydrogen-bond donors (Lipinski definition) is 0. The molecule has 0 saturated heterocycles. The van der Waals surface area contributed by atoms with E-state index in [9.17, 15) is 9.18 Å². The van der Waals surface area contributed by atoms with Gasteiger partial charge in [0.2, 0.25) is 0 Å². The molecule has 0 radical (unpaired) electrons. The van der Waals surface area contributed by atoms with Crippen molar-refractivity contribution in [1.29, 1.82) is 0 Å². The van der Waals surface area contributed by atoms with Crippen LogP contribution < -0.4 is 9.47 Å². The van der Waals surface area contributed by atoms with Gasteiger partial charge in [0.15, 0.2) is 6.10 Å². The fourth-order valence-electron chi connectivity index (χ4n) is 3.80. The van der Waals surface area contributed by atoms with Gasteiger partial charge in [-0.3, -0.25) is 4.79 Å². The third-order valence-corrected chi connectivity index (χ3v) is 5.48. The predicted molar refractivity (Wildman–Crippen MR) is 123 cm³/mol. The molecule has 3 aromatic carbocycles. The number of methoxy groups -OCH3 is 2. The molecule has 1 aliphatic rings. The summed E-state index contributed by atoms with van der Waals surface area (Å²) in [5, 5.41) is 4.09. The van der Waals surface area contributed by atoms with Gasteiger partial charge in [0.25, 0.3) is 5.91 Å². The second-order valence-corrected chi connectivity index (χ2v) is 7.69. The third kappa shape index (κ3) is 5.14. The molecule has 170 valence electrons. The van der Waals surface area contributed by atoms with Crippen LogP contribution in [0.5, 0.6) is 11.5 Å². The number of halogens is 1. The zero-order chi connectivity index (χ0) is 23.2. The monoisotopic (exact) mass is 448 g/mol. The van der Waals surface area contributed by atoms with Crippen LogP contribution in [0.15, 0.2) is 78.0 Å². The lowest BCUT2D eigenvalue weighted by Gasteiger charge is -2.26. The molecule has 4 rings (SSSR count). The van der Waals surface area contributed by atoms with Crippen molar-refractivity contribution in [2.75, 3.05) is 20.8 Å². The van der Waals surface area contributed by atoms with Crippen molar-refractivity contribution in [3.05, 3.63) is 95.3 Å². The maximum Gasteiger partial charge on any atom is 0.258 e. The molecular weight excluding hydrogens is 423 g/mol. The van der Waals surface area contributed by atoms with Crippen LogP contribution in [0.3, 0.4) is 0 Å². The minimum Gasteiger partial charge on any atom is -0.497 e. The number of nitrogens with zero attached hydrogens (tertiary/aromatic N) is 2. The molecule has 0 saturated carbocycles. The van der Waals surface area contributed by atoms with Crippen molar-refractivity contribution in [1.82, 2.24) is 4.90 Å². The lowest BCUT2D eigenvalue weighted by molar-refractivity contribution is 0.0403. The number of oxime groups is 1. The maximum atomic E-state index is 14.2. The summed E-state index contributed by atoms with van der Waals surface area (Å²) in [7, 11) is 3.07. The minimum atomic E-state index is -0.392. The van der Waals surface area contributed by atoms with E-state index in [4.69, 9.17) is 14.3 Å². The van der Waals surface area contributed by atoms with Crippen molar-refractivity contribution < 1.29 is 23.5 Å². The molecule has 0 aromatic heterocycles. The summed E-state index contributed by atoms with van der Waals surface area (Å²) in [4.78, 5) is 20.9.